The van der Waals surface area contributed by atoms with Crippen LogP contribution in [0.1, 0.15) is 18.5 Å². The summed E-state index contributed by atoms with van der Waals surface area (Å²) in [7, 11) is 1.30. The minimum absolute atomic E-state index is 0.0261. The molecule has 0 spiro atoms. The summed E-state index contributed by atoms with van der Waals surface area (Å²) < 4.78 is 47.0. The van der Waals surface area contributed by atoms with Crippen LogP contribution in [0.15, 0.2) is 30.5 Å². The fourth-order valence-corrected chi connectivity index (χ4v) is 3.22. The molecule has 0 saturated carbocycles. The van der Waals surface area contributed by atoms with E-state index in [1.54, 1.807) is 18.2 Å². The van der Waals surface area contributed by atoms with Crippen LogP contribution in [0.2, 0.25) is 0 Å². The van der Waals surface area contributed by atoms with Gasteiger partial charge in [0, 0.05) is 12.6 Å². The van der Waals surface area contributed by atoms with Crippen LogP contribution in [0.3, 0.4) is 0 Å². The summed E-state index contributed by atoms with van der Waals surface area (Å²) in [5, 5.41) is 10.2. The standard InChI is InChI=1S/C18H19F3N6O/c1-28-14-7-16-23-9-13(27(16)26-17(14)18(20)21)11-3-2-4-15(24-11)25-12-8-22-6-5-10(12)19/h2-4,7,9-10,12,18,22H,5-6,8H2,1H3,(H,24,25). The molecule has 7 nitrogen and oxygen atoms in total. The number of aromatic nitrogens is 4. The highest BCUT2D eigenvalue weighted by Gasteiger charge is 2.25. The number of imidazole rings is 1. The van der Waals surface area contributed by atoms with Crippen molar-refractivity contribution >= 4 is 11.5 Å². The lowest BCUT2D eigenvalue weighted by Crippen LogP contribution is -2.46. The maximum atomic E-state index is 14.1. The Bertz CT molecular complexity index is 979. The van der Waals surface area contributed by atoms with E-state index in [0.717, 1.165) is 0 Å². The second kappa shape index (κ2) is 7.63. The quantitative estimate of drug-likeness (QED) is 0.696. The molecule has 4 heterocycles. The highest BCUT2D eigenvalue weighted by molar-refractivity contribution is 5.62. The lowest BCUT2D eigenvalue weighted by molar-refractivity contribution is 0.139. The molecule has 1 saturated heterocycles. The van der Waals surface area contributed by atoms with E-state index in [1.165, 1.54) is 23.9 Å². The first kappa shape index (κ1) is 18.5. The molecule has 3 aromatic rings. The van der Waals surface area contributed by atoms with Gasteiger partial charge < -0.3 is 15.4 Å². The van der Waals surface area contributed by atoms with Crippen molar-refractivity contribution in [3.63, 3.8) is 0 Å². The number of pyridine rings is 1. The largest absolute Gasteiger partial charge is 0.494 e. The van der Waals surface area contributed by atoms with Gasteiger partial charge in [0.1, 0.15) is 17.7 Å². The first-order valence-electron chi connectivity index (χ1n) is 8.86. The van der Waals surface area contributed by atoms with Crippen molar-refractivity contribution in [1.82, 2.24) is 24.9 Å². The van der Waals surface area contributed by atoms with Gasteiger partial charge >= 0.3 is 0 Å². The van der Waals surface area contributed by atoms with Gasteiger partial charge in [-0.1, -0.05) is 6.07 Å². The molecule has 0 aliphatic carbocycles. The third-order valence-corrected chi connectivity index (χ3v) is 4.65. The van der Waals surface area contributed by atoms with E-state index < -0.39 is 18.3 Å². The molecule has 2 unspecified atom stereocenters. The van der Waals surface area contributed by atoms with Crippen molar-refractivity contribution in [3.8, 4) is 17.1 Å². The van der Waals surface area contributed by atoms with Gasteiger partial charge in [0.15, 0.2) is 17.1 Å². The zero-order valence-corrected chi connectivity index (χ0v) is 15.1. The van der Waals surface area contributed by atoms with E-state index in [4.69, 9.17) is 4.74 Å². The van der Waals surface area contributed by atoms with Gasteiger partial charge in [0.2, 0.25) is 0 Å². The molecule has 10 heteroatoms. The molecule has 0 aromatic carbocycles. The van der Waals surface area contributed by atoms with Gasteiger partial charge in [-0.3, -0.25) is 0 Å². The van der Waals surface area contributed by atoms with Gasteiger partial charge in [-0.25, -0.2) is 27.7 Å². The van der Waals surface area contributed by atoms with E-state index in [2.05, 4.69) is 25.7 Å². The molecule has 3 aromatic heterocycles. The smallest absolute Gasteiger partial charge is 0.285 e. The molecular formula is C18H19F3N6O. The minimum atomic E-state index is -2.80. The monoisotopic (exact) mass is 392 g/mol. The van der Waals surface area contributed by atoms with Crippen molar-refractivity contribution in [2.75, 3.05) is 25.5 Å². The summed E-state index contributed by atoms with van der Waals surface area (Å²) in [5.41, 5.74) is 0.810. The second-order valence-electron chi connectivity index (χ2n) is 6.48. The number of piperidine rings is 1. The van der Waals surface area contributed by atoms with E-state index in [-0.39, 0.29) is 11.8 Å². The average molecular weight is 392 g/mol. The molecule has 4 rings (SSSR count). The normalized spacial score (nSPS) is 19.9. The van der Waals surface area contributed by atoms with Crippen LogP contribution in [0.5, 0.6) is 5.75 Å². The predicted molar refractivity (Wildman–Crippen MR) is 97.5 cm³/mol. The molecule has 1 aliphatic rings. The topological polar surface area (TPSA) is 76.4 Å². The number of rotatable bonds is 5. The third kappa shape index (κ3) is 3.47. The number of halogens is 3. The molecule has 28 heavy (non-hydrogen) atoms. The fourth-order valence-electron chi connectivity index (χ4n) is 3.22. The Labute approximate surface area is 158 Å². The number of alkyl halides is 3. The van der Waals surface area contributed by atoms with Crippen molar-refractivity contribution < 1.29 is 17.9 Å². The highest BCUT2D eigenvalue weighted by atomic mass is 19.3. The molecule has 1 aliphatic heterocycles. The second-order valence-corrected chi connectivity index (χ2v) is 6.48. The number of nitrogens with one attached hydrogen (secondary N) is 2. The Morgan fingerprint density at radius 1 is 1.36 bits per heavy atom. The SMILES string of the molecule is COc1cc2ncc(-c3cccc(NC4CNCCC4F)n3)n2nc1C(F)F. The van der Waals surface area contributed by atoms with Crippen LogP contribution in [0, 0.1) is 0 Å². The van der Waals surface area contributed by atoms with Crippen LogP contribution in [0.4, 0.5) is 19.0 Å². The first-order valence-corrected chi connectivity index (χ1v) is 8.86. The molecule has 148 valence electrons. The number of nitrogens with zero attached hydrogens (tertiary/aromatic N) is 4. The predicted octanol–water partition coefficient (Wildman–Crippen LogP) is 2.85. The lowest BCUT2D eigenvalue weighted by atomic mass is 10.1. The number of ether oxygens (including phenoxy) is 1. The van der Waals surface area contributed by atoms with Crippen LogP contribution in [0.25, 0.3) is 17.0 Å². The van der Waals surface area contributed by atoms with Crippen LogP contribution in [-0.2, 0) is 0 Å². The lowest BCUT2D eigenvalue weighted by Gasteiger charge is -2.28. The summed E-state index contributed by atoms with van der Waals surface area (Å²) in [6.45, 7) is 1.15. The summed E-state index contributed by atoms with van der Waals surface area (Å²) in [4.78, 5) is 8.69. The Morgan fingerprint density at radius 3 is 2.96 bits per heavy atom. The minimum Gasteiger partial charge on any atom is -0.494 e. The zero-order valence-electron chi connectivity index (χ0n) is 15.1. The van der Waals surface area contributed by atoms with Crippen LogP contribution >= 0.6 is 0 Å². The summed E-state index contributed by atoms with van der Waals surface area (Å²) in [6.07, 6.45) is -1.82. The Balaban J connectivity index is 1.69. The first-order chi connectivity index (χ1) is 13.6. The van der Waals surface area contributed by atoms with Crippen LogP contribution < -0.4 is 15.4 Å². The molecule has 0 bridgehead atoms. The molecular weight excluding hydrogens is 373 g/mol. The van der Waals surface area contributed by atoms with Crippen molar-refractivity contribution in [2.24, 2.45) is 0 Å². The van der Waals surface area contributed by atoms with Gasteiger partial charge in [-0.2, -0.15) is 5.10 Å². The average Bonchev–Trinajstić information content (AvgIpc) is 3.12. The van der Waals surface area contributed by atoms with Crippen molar-refractivity contribution in [2.45, 2.75) is 25.1 Å². The maximum absolute atomic E-state index is 14.1. The molecule has 0 radical (unpaired) electrons. The van der Waals surface area contributed by atoms with Gasteiger partial charge in [-0.15, -0.1) is 0 Å². The number of methoxy groups -OCH3 is 1. The van der Waals surface area contributed by atoms with Gasteiger partial charge in [0.05, 0.1) is 25.0 Å². The van der Waals surface area contributed by atoms with E-state index in [1.807, 2.05) is 0 Å². The molecule has 0 amide bonds. The molecule has 2 N–H and O–H groups in total. The van der Waals surface area contributed by atoms with Crippen LogP contribution in [-0.4, -0.2) is 52.0 Å². The zero-order chi connectivity index (χ0) is 19.7. The van der Waals surface area contributed by atoms with E-state index >= 15 is 0 Å². The Hall–Kier alpha value is -2.88. The highest BCUT2D eigenvalue weighted by Crippen LogP contribution is 2.29. The number of hydrogen-bond acceptors (Lipinski definition) is 6. The summed E-state index contributed by atoms with van der Waals surface area (Å²) in [5.74, 6) is 0.466. The number of anilines is 1. The van der Waals surface area contributed by atoms with Gasteiger partial charge in [-0.05, 0) is 25.1 Å². The summed E-state index contributed by atoms with van der Waals surface area (Å²) >= 11 is 0. The third-order valence-electron chi connectivity index (χ3n) is 4.65. The van der Waals surface area contributed by atoms with Crippen molar-refractivity contribution in [3.05, 3.63) is 36.2 Å². The number of hydrogen-bond donors (Lipinski definition) is 2. The van der Waals surface area contributed by atoms with Gasteiger partial charge in [0.25, 0.3) is 6.43 Å². The Morgan fingerprint density at radius 2 is 2.21 bits per heavy atom. The Kier molecular flexibility index (Phi) is 5.03. The fraction of sp³-hybridized carbons (Fsp3) is 0.389. The maximum Gasteiger partial charge on any atom is 0.285 e. The summed E-state index contributed by atoms with van der Waals surface area (Å²) in [6, 6.07) is 6.22. The molecule has 1 fully saturated rings. The number of fused-ring (bicyclic) bond motifs is 1. The molecule has 2 atom stereocenters. The van der Waals surface area contributed by atoms with Crippen molar-refractivity contribution in [1.29, 1.82) is 0 Å². The van der Waals surface area contributed by atoms with E-state index in [0.29, 0.717) is 42.4 Å². The van der Waals surface area contributed by atoms with E-state index in [9.17, 15) is 13.2 Å².